The van der Waals surface area contributed by atoms with Gasteiger partial charge in [0.2, 0.25) is 0 Å². The second kappa shape index (κ2) is 14.8. The van der Waals surface area contributed by atoms with Crippen molar-refractivity contribution in [2.45, 2.75) is 47.1 Å². The minimum Gasteiger partial charge on any atom is -0.494 e. The maximum atomic E-state index is 14.0. The fourth-order valence-electron chi connectivity index (χ4n) is 5.20. The highest BCUT2D eigenvalue weighted by molar-refractivity contribution is 9.10. The van der Waals surface area contributed by atoms with Crippen molar-refractivity contribution in [1.82, 2.24) is 9.66 Å². The summed E-state index contributed by atoms with van der Waals surface area (Å²) >= 11 is 10.4. The molecule has 0 aliphatic carbocycles. The van der Waals surface area contributed by atoms with Crippen LogP contribution in [0.25, 0.3) is 22.3 Å². The Morgan fingerprint density at radius 2 is 1.72 bits per heavy atom. The molecule has 10 heteroatoms. The Hall–Kier alpha value is -4.65. The summed E-state index contributed by atoms with van der Waals surface area (Å²) in [5, 5.41) is 14.9. The van der Waals surface area contributed by atoms with E-state index in [1.54, 1.807) is 36.5 Å². The van der Waals surface area contributed by atoms with Crippen LogP contribution in [0.3, 0.4) is 0 Å². The lowest BCUT2D eigenvalue weighted by Gasteiger charge is -2.18. The highest BCUT2D eigenvalue weighted by Crippen LogP contribution is 2.43. The third-order valence-electron chi connectivity index (χ3n) is 7.55. The summed E-state index contributed by atoms with van der Waals surface area (Å²) in [6.07, 6.45) is 1.54. The molecular formula is C37H34BrClN4O4. The van der Waals surface area contributed by atoms with E-state index < -0.39 is 0 Å². The summed E-state index contributed by atoms with van der Waals surface area (Å²) in [5.41, 5.74) is 4.71. The molecule has 0 spiro atoms. The van der Waals surface area contributed by atoms with Gasteiger partial charge in [-0.25, -0.2) is 4.98 Å². The molecule has 5 aromatic rings. The number of aryl methyl sites for hydroxylation is 1. The maximum absolute atomic E-state index is 14.0. The van der Waals surface area contributed by atoms with Gasteiger partial charge >= 0.3 is 0 Å². The summed E-state index contributed by atoms with van der Waals surface area (Å²) in [4.78, 5) is 18.9. The molecule has 240 valence electrons. The fraction of sp³-hybridized carbons (Fsp3) is 0.243. The molecule has 47 heavy (non-hydrogen) atoms. The highest BCUT2D eigenvalue weighted by Gasteiger charge is 2.21. The first-order chi connectivity index (χ1) is 22.7. The topological polar surface area (TPSA) is 98.7 Å². The molecule has 1 aromatic heterocycles. The first-order valence-electron chi connectivity index (χ1n) is 15.3. The first kappa shape index (κ1) is 33.7. The van der Waals surface area contributed by atoms with Gasteiger partial charge in [0.15, 0.2) is 17.3 Å². The normalized spacial score (nSPS) is 11.3. The Kier molecular flexibility index (Phi) is 10.6. The van der Waals surface area contributed by atoms with E-state index in [4.69, 9.17) is 35.9 Å². The lowest BCUT2D eigenvalue weighted by molar-refractivity contribution is 0.269. The summed E-state index contributed by atoms with van der Waals surface area (Å²) in [6, 6.07) is 22.4. The van der Waals surface area contributed by atoms with Gasteiger partial charge in [-0.1, -0.05) is 55.8 Å². The van der Waals surface area contributed by atoms with Crippen LogP contribution in [0.2, 0.25) is 5.02 Å². The Morgan fingerprint density at radius 3 is 2.45 bits per heavy atom. The van der Waals surface area contributed by atoms with Crippen LogP contribution in [-0.4, -0.2) is 29.1 Å². The van der Waals surface area contributed by atoms with Gasteiger partial charge in [0, 0.05) is 21.2 Å². The van der Waals surface area contributed by atoms with Crippen molar-refractivity contribution in [3.05, 3.63) is 114 Å². The number of nitriles is 1. The number of fused-ring (bicyclic) bond motifs is 1. The van der Waals surface area contributed by atoms with Crippen LogP contribution in [0, 0.1) is 18.3 Å². The van der Waals surface area contributed by atoms with E-state index in [1.165, 1.54) is 4.68 Å². The zero-order valence-electron chi connectivity index (χ0n) is 26.8. The Morgan fingerprint density at radius 1 is 1.02 bits per heavy atom. The molecule has 0 N–H and O–H groups in total. The van der Waals surface area contributed by atoms with Crippen molar-refractivity contribution in [1.29, 1.82) is 5.26 Å². The largest absolute Gasteiger partial charge is 0.494 e. The van der Waals surface area contributed by atoms with E-state index in [-0.39, 0.29) is 23.1 Å². The molecule has 0 aliphatic heterocycles. The van der Waals surface area contributed by atoms with Crippen molar-refractivity contribution in [3.63, 3.8) is 0 Å². The predicted octanol–water partition coefficient (Wildman–Crippen LogP) is 9.04. The maximum Gasteiger partial charge on any atom is 0.282 e. The van der Waals surface area contributed by atoms with Crippen molar-refractivity contribution in [2.75, 3.05) is 13.2 Å². The van der Waals surface area contributed by atoms with Gasteiger partial charge in [-0.05, 0) is 90.1 Å². The zero-order chi connectivity index (χ0) is 33.7. The molecule has 8 nitrogen and oxygen atoms in total. The van der Waals surface area contributed by atoms with Gasteiger partial charge in [0.25, 0.3) is 5.56 Å². The number of hydrogen-bond donors (Lipinski definition) is 0. The minimum absolute atomic E-state index is 0.116. The van der Waals surface area contributed by atoms with Gasteiger partial charge in [0.05, 0.1) is 42.0 Å². The molecular weight excluding hydrogens is 680 g/mol. The van der Waals surface area contributed by atoms with Crippen molar-refractivity contribution in [3.8, 4) is 34.7 Å². The molecule has 0 atom stereocenters. The Bertz CT molecular complexity index is 2080. The number of para-hydroxylation sites is 1. The summed E-state index contributed by atoms with van der Waals surface area (Å²) < 4.78 is 19.8. The number of rotatable bonds is 11. The van der Waals surface area contributed by atoms with Crippen molar-refractivity contribution in [2.24, 2.45) is 5.10 Å². The van der Waals surface area contributed by atoms with Crippen LogP contribution in [0.5, 0.6) is 17.2 Å². The lowest BCUT2D eigenvalue weighted by atomic mass is 9.96. The average molecular weight is 714 g/mol. The predicted molar refractivity (Wildman–Crippen MR) is 190 cm³/mol. The number of hydrogen-bond acceptors (Lipinski definition) is 7. The highest BCUT2D eigenvalue weighted by atomic mass is 79.9. The summed E-state index contributed by atoms with van der Waals surface area (Å²) in [6.45, 7) is 11.0. The van der Waals surface area contributed by atoms with Gasteiger partial charge < -0.3 is 14.2 Å². The van der Waals surface area contributed by atoms with Gasteiger partial charge in [0.1, 0.15) is 17.4 Å². The first-order valence-corrected chi connectivity index (χ1v) is 16.4. The van der Waals surface area contributed by atoms with Gasteiger partial charge in [-0.15, -0.1) is 0 Å². The van der Waals surface area contributed by atoms with Crippen LogP contribution < -0.4 is 19.8 Å². The van der Waals surface area contributed by atoms with Gasteiger partial charge in [-0.3, -0.25) is 4.79 Å². The van der Waals surface area contributed by atoms with Crippen LogP contribution in [0.4, 0.5) is 0 Å². The molecule has 1 heterocycles. The molecule has 0 radical (unpaired) electrons. The molecule has 0 fully saturated rings. The third kappa shape index (κ3) is 7.04. The lowest BCUT2D eigenvalue weighted by Crippen LogP contribution is -2.21. The zero-order valence-corrected chi connectivity index (χ0v) is 29.1. The monoisotopic (exact) mass is 712 g/mol. The smallest absolute Gasteiger partial charge is 0.282 e. The molecule has 5 rings (SSSR count). The van der Waals surface area contributed by atoms with Crippen LogP contribution in [0.1, 0.15) is 61.4 Å². The Labute approximate surface area is 287 Å². The second-order valence-corrected chi connectivity index (χ2v) is 12.2. The van der Waals surface area contributed by atoms with Gasteiger partial charge in [-0.2, -0.15) is 15.0 Å². The van der Waals surface area contributed by atoms with E-state index in [0.29, 0.717) is 57.0 Å². The van der Waals surface area contributed by atoms with E-state index in [0.717, 1.165) is 28.0 Å². The standard InChI is InChI=1S/C37H34BrClN4O4/c1-6-45-31-16-23(5)29(18-28(31)22(3)4)36-42-30-15-11-10-14-27(30)37(44)43(36)41-20-26-17-32(46-7-2)35(34(39)33(26)38)47-21-25-13-9-8-12-24(25)19-40/h8-18,20,22H,6-7,21H2,1-5H3. The van der Waals surface area contributed by atoms with Crippen molar-refractivity contribution < 1.29 is 14.2 Å². The van der Waals surface area contributed by atoms with Crippen LogP contribution >= 0.6 is 27.5 Å². The van der Waals surface area contributed by atoms with Crippen molar-refractivity contribution >= 4 is 44.6 Å². The van der Waals surface area contributed by atoms with Crippen LogP contribution in [-0.2, 0) is 6.61 Å². The number of halogens is 2. The second-order valence-electron chi connectivity index (χ2n) is 11.0. The average Bonchev–Trinajstić information content (AvgIpc) is 3.06. The molecule has 0 saturated carbocycles. The summed E-state index contributed by atoms with van der Waals surface area (Å²) in [5.74, 6) is 2.09. The van der Waals surface area contributed by atoms with E-state index in [1.807, 2.05) is 57.2 Å². The number of ether oxygens (including phenoxy) is 3. The van der Waals surface area contributed by atoms with Crippen LogP contribution in [0.15, 0.2) is 81.1 Å². The summed E-state index contributed by atoms with van der Waals surface area (Å²) in [7, 11) is 0. The molecule has 0 saturated heterocycles. The molecule has 0 bridgehead atoms. The number of nitrogens with zero attached hydrogens (tertiary/aromatic N) is 4. The molecule has 0 unspecified atom stereocenters. The molecule has 4 aromatic carbocycles. The Balaban J connectivity index is 1.63. The third-order valence-corrected chi connectivity index (χ3v) is 8.99. The van der Waals surface area contributed by atoms with E-state index >= 15 is 0 Å². The fourth-order valence-corrected chi connectivity index (χ4v) is 5.85. The minimum atomic E-state index is -0.315. The number of benzene rings is 4. The van der Waals surface area contributed by atoms with E-state index in [9.17, 15) is 10.1 Å². The quantitative estimate of drug-likeness (QED) is 0.127. The number of aromatic nitrogens is 2. The molecule has 0 amide bonds. The van der Waals surface area contributed by atoms with E-state index in [2.05, 4.69) is 35.8 Å². The molecule has 0 aliphatic rings. The SMILES string of the molecule is CCOc1cc(C)c(-c2nc3ccccc3c(=O)n2N=Cc2cc(OCC)c(OCc3ccccc3C#N)c(Cl)c2Br)cc1C(C)C.